The fourth-order valence-electron chi connectivity index (χ4n) is 2.49. The van der Waals surface area contributed by atoms with Crippen LogP contribution in [0.5, 0.6) is 0 Å². The zero-order valence-corrected chi connectivity index (χ0v) is 13.7. The molecule has 0 atom stereocenters. The van der Waals surface area contributed by atoms with Gasteiger partial charge in [-0.15, -0.1) is 0 Å². The van der Waals surface area contributed by atoms with Crippen molar-refractivity contribution < 1.29 is 18.7 Å². The lowest BCUT2D eigenvalue weighted by Gasteiger charge is -2.38. The van der Waals surface area contributed by atoms with E-state index >= 15 is 0 Å². The van der Waals surface area contributed by atoms with Crippen molar-refractivity contribution in [1.82, 2.24) is 10.2 Å². The van der Waals surface area contributed by atoms with Crippen LogP contribution in [0.4, 0.5) is 8.78 Å². The highest BCUT2D eigenvalue weighted by Gasteiger charge is 2.38. The summed E-state index contributed by atoms with van der Waals surface area (Å²) in [6, 6.07) is 10.00. The number of halogens is 3. The molecule has 0 aromatic heterocycles. The largest absolute Gasteiger partial charge is 0.388 e. The van der Waals surface area contributed by atoms with Crippen LogP contribution < -0.4 is 5.32 Å². The van der Waals surface area contributed by atoms with Gasteiger partial charge in [-0.3, -0.25) is 9.69 Å². The summed E-state index contributed by atoms with van der Waals surface area (Å²) in [5, 5.41) is 12.5. The summed E-state index contributed by atoms with van der Waals surface area (Å²) in [4.78, 5) is 9.72. The van der Waals surface area contributed by atoms with Crippen molar-refractivity contribution in [3.63, 3.8) is 0 Å². The van der Waals surface area contributed by atoms with E-state index in [9.17, 15) is 18.7 Å². The standard InChI is InChI=1S/C15H19BrF2N2O2/c16-15(17,18)13(21)19-11-14(22)6-8-20(9-7-14)10-12-4-2-1-3-5-12/h1-5,22H,6-11H2,(H,19,21). The molecule has 0 unspecified atom stereocenters. The minimum Gasteiger partial charge on any atom is -0.388 e. The predicted molar refractivity (Wildman–Crippen MR) is 82.8 cm³/mol. The second kappa shape index (κ2) is 7.02. The molecule has 1 aromatic carbocycles. The first-order valence-electron chi connectivity index (χ1n) is 7.12. The summed E-state index contributed by atoms with van der Waals surface area (Å²) in [5.74, 6) is -1.42. The molecule has 22 heavy (non-hydrogen) atoms. The zero-order chi connectivity index (χ0) is 16.2. The molecule has 2 rings (SSSR count). The Balaban J connectivity index is 1.79. The maximum atomic E-state index is 12.7. The number of carbonyl (C=O) groups excluding carboxylic acids is 1. The topological polar surface area (TPSA) is 52.6 Å². The van der Waals surface area contributed by atoms with Crippen LogP contribution >= 0.6 is 15.9 Å². The number of aliphatic hydroxyl groups is 1. The molecule has 0 radical (unpaired) electrons. The van der Waals surface area contributed by atoms with Gasteiger partial charge in [-0.05, 0) is 18.4 Å². The van der Waals surface area contributed by atoms with E-state index in [0.29, 0.717) is 25.9 Å². The van der Waals surface area contributed by atoms with E-state index in [-0.39, 0.29) is 6.54 Å². The lowest BCUT2D eigenvalue weighted by atomic mass is 9.91. The van der Waals surface area contributed by atoms with Crippen LogP contribution in [-0.4, -0.2) is 46.0 Å². The Morgan fingerprint density at radius 2 is 1.91 bits per heavy atom. The number of alkyl halides is 3. The molecule has 0 aliphatic carbocycles. The highest BCUT2D eigenvalue weighted by Crippen LogP contribution is 2.25. The van der Waals surface area contributed by atoms with Crippen molar-refractivity contribution in [2.75, 3.05) is 19.6 Å². The Morgan fingerprint density at radius 1 is 1.32 bits per heavy atom. The van der Waals surface area contributed by atoms with Crippen LogP contribution in [0.15, 0.2) is 30.3 Å². The van der Waals surface area contributed by atoms with Gasteiger partial charge in [0.15, 0.2) is 0 Å². The maximum Gasteiger partial charge on any atom is 0.377 e. The average Bonchev–Trinajstić information content (AvgIpc) is 2.48. The van der Waals surface area contributed by atoms with Crippen LogP contribution in [0.3, 0.4) is 0 Å². The van der Waals surface area contributed by atoms with E-state index in [0.717, 1.165) is 6.54 Å². The first-order valence-corrected chi connectivity index (χ1v) is 7.91. The molecular formula is C15H19BrF2N2O2. The third-order valence-corrected chi connectivity index (χ3v) is 4.23. The van der Waals surface area contributed by atoms with Crippen molar-refractivity contribution in [2.45, 2.75) is 29.8 Å². The second-order valence-corrected chi connectivity index (χ2v) is 6.66. The van der Waals surface area contributed by atoms with Crippen LogP contribution in [-0.2, 0) is 11.3 Å². The van der Waals surface area contributed by atoms with Crippen molar-refractivity contribution in [3.8, 4) is 0 Å². The normalized spacial score (nSPS) is 18.9. The summed E-state index contributed by atoms with van der Waals surface area (Å²) < 4.78 is 25.4. The fraction of sp³-hybridized carbons (Fsp3) is 0.533. The van der Waals surface area contributed by atoms with Gasteiger partial charge < -0.3 is 10.4 Å². The van der Waals surface area contributed by atoms with Crippen molar-refractivity contribution in [3.05, 3.63) is 35.9 Å². The molecular weight excluding hydrogens is 358 g/mol. The SMILES string of the molecule is O=C(NCC1(O)CCN(Cc2ccccc2)CC1)C(F)(F)Br. The molecule has 0 bridgehead atoms. The van der Waals surface area contributed by atoms with Gasteiger partial charge in [-0.2, -0.15) is 8.78 Å². The summed E-state index contributed by atoms with van der Waals surface area (Å²) in [7, 11) is 0. The van der Waals surface area contributed by atoms with E-state index in [1.54, 1.807) is 0 Å². The zero-order valence-electron chi connectivity index (χ0n) is 12.1. The number of amides is 1. The van der Waals surface area contributed by atoms with E-state index in [1.807, 2.05) is 46.3 Å². The maximum absolute atomic E-state index is 12.7. The van der Waals surface area contributed by atoms with Crippen LogP contribution in [0.25, 0.3) is 0 Å². The summed E-state index contributed by atoms with van der Waals surface area (Å²) in [5.41, 5.74) is 0.0707. The van der Waals surface area contributed by atoms with Gasteiger partial charge in [0.1, 0.15) is 0 Å². The molecule has 122 valence electrons. The molecule has 0 spiro atoms. The van der Waals surface area contributed by atoms with Gasteiger partial charge in [0.05, 0.1) is 5.60 Å². The molecule has 1 aliphatic heterocycles. The molecule has 1 saturated heterocycles. The number of nitrogens with one attached hydrogen (secondary N) is 1. The number of nitrogens with zero attached hydrogens (tertiary/aromatic N) is 1. The molecule has 1 aromatic rings. The van der Waals surface area contributed by atoms with E-state index in [2.05, 4.69) is 10.2 Å². The lowest BCUT2D eigenvalue weighted by molar-refractivity contribution is -0.136. The summed E-state index contributed by atoms with van der Waals surface area (Å²) in [6.45, 7) is 1.95. The smallest absolute Gasteiger partial charge is 0.377 e. The van der Waals surface area contributed by atoms with Gasteiger partial charge in [-0.25, -0.2) is 0 Å². The van der Waals surface area contributed by atoms with Gasteiger partial charge in [0, 0.05) is 42.1 Å². The first kappa shape index (κ1) is 17.3. The summed E-state index contributed by atoms with van der Waals surface area (Å²) in [6.07, 6.45) is 0.877. The number of benzene rings is 1. The Morgan fingerprint density at radius 3 is 2.45 bits per heavy atom. The van der Waals surface area contributed by atoms with E-state index < -0.39 is 16.3 Å². The number of hydrogen-bond acceptors (Lipinski definition) is 3. The molecule has 0 saturated carbocycles. The molecule has 1 heterocycles. The number of carbonyl (C=O) groups is 1. The third-order valence-electron chi connectivity index (χ3n) is 3.87. The van der Waals surface area contributed by atoms with Crippen molar-refractivity contribution in [2.24, 2.45) is 0 Å². The quantitative estimate of drug-likeness (QED) is 0.773. The van der Waals surface area contributed by atoms with Gasteiger partial charge in [-0.1, -0.05) is 30.3 Å². The fourth-order valence-corrected chi connectivity index (χ4v) is 2.63. The van der Waals surface area contributed by atoms with Gasteiger partial charge in [0.25, 0.3) is 0 Å². The monoisotopic (exact) mass is 376 g/mol. The van der Waals surface area contributed by atoms with Crippen molar-refractivity contribution >= 4 is 21.8 Å². The molecule has 1 aliphatic rings. The third kappa shape index (κ3) is 5.00. The second-order valence-electron chi connectivity index (χ2n) is 5.67. The Kier molecular flexibility index (Phi) is 5.52. The number of piperidine rings is 1. The predicted octanol–water partition coefficient (Wildman–Crippen LogP) is 2.12. The Bertz CT molecular complexity index is 500. The molecule has 1 fully saturated rings. The number of rotatable bonds is 5. The van der Waals surface area contributed by atoms with Crippen LogP contribution in [0.2, 0.25) is 0 Å². The van der Waals surface area contributed by atoms with Gasteiger partial charge in [0.2, 0.25) is 0 Å². The first-order chi connectivity index (χ1) is 10.3. The number of likely N-dealkylation sites (tertiary alicyclic amines) is 1. The number of hydrogen-bond donors (Lipinski definition) is 2. The van der Waals surface area contributed by atoms with Crippen LogP contribution in [0.1, 0.15) is 18.4 Å². The molecule has 1 amide bonds. The Hall–Kier alpha value is -1.05. The minimum absolute atomic E-state index is 0.161. The molecule has 7 heteroatoms. The highest BCUT2D eigenvalue weighted by atomic mass is 79.9. The average molecular weight is 377 g/mol. The minimum atomic E-state index is -3.60. The lowest BCUT2D eigenvalue weighted by Crippen LogP contribution is -2.52. The van der Waals surface area contributed by atoms with E-state index in [4.69, 9.17) is 0 Å². The van der Waals surface area contributed by atoms with Crippen LogP contribution in [0, 0.1) is 0 Å². The van der Waals surface area contributed by atoms with Crippen molar-refractivity contribution in [1.29, 1.82) is 0 Å². The summed E-state index contributed by atoms with van der Waals surface area (Å²) >= 11 is 2.00. The van der Waals surface area contributed by atoms with Gasteiger partial charge >= 0.3 is 10.7 Å². The molecule has 4 nitrogen and oxygen atoms in total. The Labute approximate surface area is 136 Å². The van der Waals surface area contributed by atoms with E-state index in [1.165, 1.54) is 5.56 Å². The highest BCUT2D eigenvalue weighted by molar-refractivity contribution is 9.10. The molecule has 2 N–H and O–H groups in total.